The zero-order valence-electron chi connectivity index (χ0n) is 20.7. The summed E-state index contributed by atoms with van der Waals surface area (Å²) in [6, 6.07) is 12.4. The van der Waals surface area contributed by atoms with Crippen LogP contribution in [0.4, 0.5) is 0 Å². The number of imidazole rings is 1. The molecule has 4 aromatic rings. The minimum absolute atomic E-state index is 0.292. The predicted octanol–water partition coefficient (Wildman–Crippen LogP) is 3.76. The van der Waals surface area contributed by atoms with Gasteiger partial charge in [-0.1, -0.05) is 12.5 Å². The Labute approximate surface area is 210 Å². The quantitative estimate of drug-likeness (QED) is 0.451. The van der Waals surface area contributed by atoms with E-state index in [4.69, 9.17) is 4.98 Å². The number of rotatable bonds is 6. The molecule has 1 saturated heterocycles. The van der Waals surface area contributed by atoms with E-state index >= 15 is 0 Å². The lowest BCUT2D eigenvalue weighted by Crippen LogP contribution is -2.50. The van der Waals surface area contributed by atoms with Crippen LogP contribution in [0.25, 0.3) is 22.3 Å². The first-order valence-electron chi connectivity index (χ1n) is 12.8. The highest BCUT2D eigenvalue weighted by Gasteiger charge is 2.31. The number of pyridine rings is 1. The normalized spacial score (nSPS) is 16.9. The third-order valence-corrected chi connectivity index (χ3v) is 7.38. The number of aryl methyl sites for hydroxylation is 1. The summed E-state index contributed by atoms with van der Waals surface area (Å²) >= 11 is 0. The Morgan fingerprint density at radius 3 is 2.61 bits per heavy atom. The summed E-state index contributed by atoms with van der Waals surface area (Å²) in [5, 5.41) is 0. The molecule has 0 bridgehead atoms. The van der Waals surface area contributed by atoms with Gasteiger partial charge in [0.2, 0.25) is 5.91 Å². The van der Waals surface area contributed by atoms with Gasteiger partial charge in [0, 0.05) is 68.7 Å². The smallest absolute Gasteiger partial charge is 0.225 e. The maximum atomic E-state index is 12.5. The first kappa shape index (κ1) is 22.8. The molecule has 0 radical (unpaired) electrons. The van der Waals surface area contributed by atoms with Gasteiger partial charge in [0.15, 0.2) is 0 Å². The molecular formula is C28H31N7O. The number of nitrogens with zero attached hydrogens (tertiary/aromatic N) is 6. The molecule has 1 aliphatic carbocycles. The van der Waals surface area contributed by atoms with Crippen molar-refractivity contribution in [2.75, 3.05) is 26.2 Å². The van der Waals surface area contributed by atoms with Crippen molar-refractivity contribution in [1.29, 1.82) is 0 Å². The van der Waals surface area contributed by atoms with Crippen LogP contribution in [-0.4, -0.2) is 66.8 Å². The molecule has 0 unspecified atom stereocenters. The number of aromatic nitrogens is 5. The average Bonchev–Trinajstić information content (AvgIpc) is 3.25. The molecule has 0 atom stereocenters. The fraction of sp³-hybridized carbons (Fsp3) is 0.393. The molecule has 2 aliphatic rings. The number of carbonyl (C=O) groups is 1. The molecule has 184 valence electrons. The summed E-state index contributed by atoms with van der Waals surface area (Å²) in [6.45, 7) is 6.30. The van der Waals surface area contributed by atoms with Crippen molar-refractivity contribution in [3.8, 4) is 11.3 Å². The average molecular weight is 482 g/mol. The molecule has 1 aliphatic heterocycles. The molecule has 4 heterocycles. The number of benzene rings is 1. The second-order valence-electron chi connectivity index (χ2n) is 9.97. The molecule has 1 N–H and O–H groups in total. The highest BCUT2D eigenvalue weighted by atomic mass is 16.2. The standard InChI is InChI=1S/C28H31N7O/c1-19-29-10-8-24(31-19)22-5-6-25-26(16-22)33-27(32-25)17-23-15-20(7-9-30-23)18-34-11-13-35(14-12-34)28(36)21-3-2-4-21/h5-10,15-16,21H,2-4,11-14,17-18H2,1H3,(H,32,33). The van der Waals surface area contributed by atoms with Crippen LogP contribution >= 0.6 is 0 Å². The van der Waals surface area contributed by atoms with Crippen molar-refractivity contribution in [3.63, 3.8) is 0 Å². The van der Waals surface area contributed by atoms with E-state index in [1.807, 2.05) is 31.3 Å². The van der Waals surface area contributed by atoms with Crippen LogP contribution in [0.3, 0.4) is 0 Å². The van der Waals surface area contributed by atoms with Gasteiger partial charge in [-0.15, -0.1) is 0 Å². The largest absolute Gasteiger partial charge is 0.342 e. The number of H-pyrrole nitrogens is 1. The topological polar surface area (TPSA) is 90.9 Å². The molecule has 0 spiro atoms. The first-order valence-corrected chi connectivity index (χ1v) is 12.8. The van der Waals surface area contributed by atoms with Crippen LogP contribution in [0.15, 0.2) is 48.8 Å². The van der Waals surface area contributed by atoms with Crippen LogP contribution in [-0.2, 0) is 17.8 Å². The SMILES string of the molecule is Cc1nccc(-c2ccc3nc(Cc4cc(CN5CCN(C(=O)C6CCC6)CC5)ccn4)[nH]c3c2)n1. The van der Waals surface area contributed by atoms with Crippen molar-refractivity contribution in [2.45, 2.75) is 39.2 Å². The molecule has 2 fully saturated rings. The van der Waals surface area contributed by atoms with E-state index in [1.54, 1.807) is 6.20 Å². The summed E-state index contributed by atoms with van der Waals surface area (Å²) in [6.07, 6.45) is 7.68. The second-order valence-corrected chi connectivity index (χ2v) is 9.97. The molecule has 8 heteroatoms. The monoisotopic (exact) mass is 481 g/mol. The van der Waals surface area contributed by atoms with Crippen molar-refractivity contribution in [3.05, 3.63) is 71.7 Å². The summed E-state index contributed by atoms with van der Waals surface area (Å²) in [5.41, 5.74) is 6.11. The Kier molecular flexibility index (Phi) is 6.19. The van der Waals surface area contributed by atoms with E-state index in [9.17, 15) is 4.79 Å². The highest BCUT2D eigenvalue weighted by molar-refractivity contribution is 5.81. The molecular weight excluding hydrogens is 450 g/mol. The Morgan fingerprint density at radius 1 is 1.00 bits per heavy atom. The number of carbonyl (C=O) groups excluding carboxylic acids is 1. The van der Waals surface area contributed by atoms with Gasteiger partial charge in [-0.3, -0.25) is 14.7 Å². The molecule has 3 aromatic heterocycles. The van der Waals surface area contributed by atoms with Gasteiger partial charge in [-0.2, -0.15) is 0 Å². The number of piperazine rings is 1. The second kappa shape index (κ2) is 9.78. The van der Waals surface area contributed by atoms with Crippen molar-refractivity contribution >= 4 is 16.9 Å². The van der Waals surface area contributed by atoms with Crippen molar-refractivity contribution in [1.82, 2.24) is 34.7 Å². The highest BCUT2D eigenvalue weighted by Crippen LogP contribution is 2.28. The van der Waals surface area contributed by atoms with Crippen LogP contribution in [0.2, 0.25) is 0 Å². The minimum atomic E-state index is 0.292. The number of hydrogen-bond acceptors (Lipinski definition) is 6. The third-order valence-electron chi connectivity index (χ3n) is 7.38. The summed E-state index contributed by atoms with van der Waals surface area (Å²) < 4.78 is 0. The third kappa shape index (κ3) is 4.86. The van der Waals surface area contributed by atoms with Crippen molar-refractivity contribution in [2.24, 2.45) is 5.92 Å². The molecule has 1 saturated carbocycles. The van der Waals surface area contributed by atoms with E-state index in [-0.39, 0.29) is 0 Å². The van der Waals surface area contributed by atoms with E-state index in [0.717, 1.165) is 85.2 Å². The van der Waals surface area contributed by atoms with Crippen LogP contribution in [0.1, 0.15) is 42.2 Å². The van der Waals surface area contributed by atoms with Gasteiger partial charge in [0.1, 0.15) is 11.6 Å². The minimum Gasteiger partial charge on any atom is -0.342 e. The zero-order chi connectivity index (χ0) is 24.5. The fourth-order valence-electron chi connectivity index (χ4n) is 5.12. The zero-order valence-corrected chi connectivity index (χ0v) is 20.7. The van der Waals surface area contributed by atoms with E-state index in [1.165, 1.54) is 12.0 Å². The molecule has 1 amide bonds. The summed E-state index contributed by atoms with van der Waals surface area (Å²) in [7, 11) is 0. The lowest BCUT2D eigenvalue weighted by Gasteiger charge is -2.38. The van der Waals surface area contributed by atoms with E-state index < -0.39 is 0 Å². The lowest BCUT2D eigenvalue weighted by molar-refractivity contribution is -0.140. The van der Waals surface area contributed by atoms with Gasteiger partial charge in [0.05, 0.1) is 16.7 Å². The Bertz CT molecular complexity index is 1390. The van der Waals surface area contributed by atoms with Crippen LogP contribution < -0.4 is 0 Å². The van der Waals surface area contributed by atoms with Gasteiger partial charge in [-0.25, -0.2) is 15.0 Å². The number of aromatic amines is 1. The van der Waals surface area contributed by atoms with Gasteiger partial charge >= 0.3 is 0 Å². The van der Waals surface area contributed by atoms with Gasteiger partial charge < -0.3 is 9.88 Å². The molecule has 6 rings (SSSR count). The van der Waals surface area contributed by atoms with Gasteiger partial charge in [0.25, 0.3) is 0 Å². The first-order chi connectivity index (χ1) is 17.6. The number of nitrogens with one attached hydrogen (secondary N) is 1. The molecule has 1 aromatic carbocycles. The predicted molar refractivity (Wildman–Crippen MR) is 138 cm³/mol. The molecule has 36 heavy (non-hydrogen) atoms. The number of fused-ring (bicyclic) bond motifs is 1. The maximum absolute atomic E-state index is 12.5. The van der Waals surface area contributed by atoms with Crippen LogP contribution in [0.5, 0.6) is 0 Å². The lowest BCUT2D eigenvalue weighted by atomic mass is 9.84. The maximum Gasteiger partial charge on any atom is 0.225 e. The summed E-state index contributed by atoms with van der Waals surface area (Å²) in [5.74, 6) is 2.32. The van der Waals surface area contributed by atoms with E-state index in [2.05, 4.69) is 47.9 Å². The Hall–Kier alpha value is -3.65. The Morgan fingerprint density at radius 2 is 1.83 bits per heavy atom. The summed E-state index contributed by atoms with van der Waals surface area (Å²) in [4.78, 5) is 38.6. The van der Waals surface area contributed by atoms with Gasteiger partial charge in [-0.05, 0) is 55.7 Å². The Balaban J connectivity index is 1.10. The van der Waals surface area contributed by atoms with Crippen LogP contribution in [0, 0.1) is 12.8 Å². The number of hydrogen-bond donors (Lipinski definition) is 1. The fourth-order valence-corrected chi connectivity index (χ4v) is 5.12. The number of amides is 1. The van der Waals surface area contributed by atoms with Crippen molar-refractivity contribution < 1.29 is 4.79 Å². The van der Waals surface area contributed by atoms with E-state index in [0.29, 0.717) is 18.2 Å². The molecule has 8 nitrogen and oxygen atoms in total.